The minimum absolute atomic E-state index is 0.0547. The van der Waals surface area contributed by atoms with E-state index in [9.17, 15) is 9.59 Å². The fraction of sp³-hybridized carbons (Fsp3) is 0.263. The number of rotatable bonds is 0. The number of ketones is 2. The Morgan fingerprint density at radius 3 is 2.73 bits per heavy atom. The maximum absolute atomic E-state index is 12.8. The standard InChI is InChI=1S/C19H16O3/c1-10-3-4-12-5-6-14-16-9-13(8-11(2)22-16)18(20)19(21)17(14)15(12)7-10/h3-7,9,11,13H,8H2,1-2H3. The molecule has 1 aliphatic heterocycles. The third-order valence-electron chi connectivity index (χ3n) is 4.50. The predicted molar refractivity (Wildman–Crippen MR) is 84.7 cm³/mol. The summed E-state index contributed by atoms with van der Waals surface area (Å²) in [5.74, 6) is -0.402. The Morgan fingerprint density at radius 2 is 1.91 bits per heavy atom. The van der Waals surface area contributed by atoms with Gasteiger partial charge in [0.25, 0.3) is 0 Å². The average molecular weight is 292 g/mol. The van der Waals surface area contributed by atoms with E-state index in [0.717, 1.165) is 21.9 Å². The van der Waals surface area contributed by atoms with Gasteiger partial charge in [0.1, 0.15) is 5.76 Å². The highest BCUT2D eigenvalue weighted by molar-refractivity contribution is 6.48. The summed E-state index contributed by atoms with van der Waals surface area (Å²) in [7, 11) is 0. The Morgan fingerprint density at radius 1 is 1.14 bits per heavy atom. The van der Waals surface area contributed by atoms with E-state index in [1.807, 2.05) is 50.3 Å². The van der Waals surface area contributed by atoms with Crippen molar-refractivity contribution < 1.29 is 14.3 Å². The molecule has 0 amide bonds. The molecule has 110 valence electrons. The van der Waals surface area contributed by atoms with Gasteiger partial charge in [-0.25, -0.2) is 0 Å². The van der Waals surface area contributed by atoms with E-state index in [-0.39, 0.29) is 23.6 Å². The highest BCUT2D eigenvalue weighted by Gasteiger charge is 2.37. The van der Waals surface area contributed by atoms with Crippen molar-refractivity contribution in [1.29, 1.82) is 0 Å². The van der Waals surface area contributed by atoms with Crippen molar-refractivity contribution in [3.63, 3.8) is 0 Å². The van der Waals surface area contributed by atoms with Crippen molar-refractivity contribution in [3.8, 4) is 0 Å². The highest BCUT2D eigenvalue weighted by atomic mass is 16.5. The van der Waals surface area contributed by atoms with E-state index in [1.54, 1.807) is 0 Å². The molecule has 0 spiro atoms. The highest BCUT2D eigenvalue weighted by Crippen LogP contribution is 2.38. The molecule has 3 nitrogen and oxygen atoms in total. The van der Waals surface area contributed by atoms with Crippen LogP contribution in [0.2, 0.25) is 0 Å². The van der Waals surface area contributed by atoms with Crippen LogP contribution in [0.1, 0.15) is 34.8 Å². The number of aryl methyl sites for hydroxylation is 1. The van der Waals surface area contributed by atoms with Gasteiger partial charge in [-0.3, -0.25) is 9.59 Å². The first-order chi connectivity index (χ1) is 10.5. The van der Waals surface area contributed by atoms with Crippen LogP contribution in [0, 0.1) is 12.8 Å². The molecule has 3 heteroatoms. The molecule has 2 unspecified atom stereocenters. The second kappa shape index (κ2) is 4.54. The summed E-state index contributed by atoms with van der Waals surface area (Å²) in [6, 6.07) is 9.84. The Hall–Kier alpha value is -2.42. The lowest BCUT2D eigenvalue weighted by Crippen LogP contribution is -2.26. The van der Waals surface area contributed by atoms with Crippen LogP contribution in [-0.2, 0) is 9.53 Å². The Kier molecular flexibility index (Phi) is 2.73. The van der Waals surface area contributed by atoms with Crippen LogP contribution in [0.4, 0.5) is 0 Å². The van der Waals surface area contributed by atoms with Crippen molar-refractivity contribution in [1.82, 2.24) is 0 Å². The maximum Gasteiger partial charge on any atom is 0.230 e. The van der Waals surface area contributed by atoms with Crippen molar-refractivity contribution in [2.75, 3.05) is 0 Å². The molecule has 0 fully saturated rings. The number of fused-ring (bicyclic) bond motifs is 5. The molecular weight excluding hydrogens is 276 g/mol. The van der Waals surface area contributed by atoms with Gasteiger partial charge in [0, 0.05) is 11.1 Å². The Bertz CT molecular complexity index is 860. The number of carbonyl (C=O) groups is 2. The van der Waals surface area contributed by atoms with Gasteiger partial charge in [-0.1, -0.05) is 29.8 Å². The zero-order valence-electron chi connectivity index (χ0n) is 12.6. The average Bonchev–Trinajstić information content (AvgIpc) is 2.57. The Balaban J connectivity index is 2.07. The Labute approximate surface area is 128 Å². The summed E-state index contributed by atoms with van der Waals surface area (Å²) in [6.07, 6.45) is 2.33. The minimum atomic E-state index is -0.389. The monoisotopic (exact) mass is 292 g/mol. The largest absolute Gasteiger partial charge is 0.490 e. The summed E-state index contributed by atoms with van der Waals surface area (Å²) in [4.78, 5) is 25.3. The van der Waals surface area contributed by atoms with Gasteiger partial charge < -0.3 is 4.74 Å². The molecule has 0 aromatic heterocycles. The summed E-state index contributed by atoms with van der Waals surface area (Å²) >= 11 is 0. The summed E-state index contributed by atoms with van der Waals surface area (Å²) in [5, 5.41) is 1.80. The lowest BCUT2D eigenvalue weighted by molar-refractivity contribution is -0.118. The molecule has 2 aromatic carbocycles. The van der Waals surface area contributed by atoms with E-state index in [0.29, 0.717) is 17.7 Å². The molecule has 4 rings (SSSR count). The van der Waals surface area contributed by atoms with E-state index in [1.165, 1.54) is 0 Å². The first kappa shape index (κ1) is 13.3. The molecule has 0 saturated heterocycles. The van der Waals surface area contributed by atoms with Crippen molar-refractivity contribution in [2.45, 2.75) is 26.4 Å². The summed E-state index contributed by atoms with van der Waals surface area (Å²) in [6.45, 7) is 3.92. The normalized spacial score (nSPS) is 23.6. The molecule has 0 N–H and O–H groups in total. The molecule has 0 radical (unpaired) electrons. The zero-order chi connectivity index (χ0) is 15.4. The second-order valence-electron chi connectivity index (χ2n) is 6.21. The van der Waals surface area contributed by atoms with E-state index in [2.05, 4.69) is 0 Å². The first-order valence-electron chi connectivity index (χ1n) is 7.55. The maximum atomic E-state index is 12.8. The summed E-state index contributed by atoms with van der Waals surface area (Å²) < 4.78 is 5.90. The number of allylic oxidation sites excluding steroid dienone is 1. The molecule has 2 aromatic rings. The molecule has 2 bridgehead atoms. The SMILES string of the molecule is Cc1ccc2ccc3c(c2c1)C(=O)C(=O)C1C=C3OC(C)C1. The molecule has 2 atom stereocenters. The van der Waals surface area contributed by atoms with Crippen molar-refractivity contribution in [3.05, 3.63) is 53.1 Å². The number of ether oxygens (including phenoxy) is 1. The smallest absolute Gasteiger partial charge is 0.230 e. The molecule has 22 heavy (non-hydrogen) atoms. The van der Waals surface area contributed by atoms with Gasteiger partial charge in [-0.2, -0.15) is 0 Å². The van der Waals surface area contributed by atoms with Gasteiger partial charge in [0.05, 0.1) is 12.0 Å². The van der Waals surface area contributed by atoms with Gasteiger partial charge in [-0.05, 0) is 43.2 Å². The second-order valence-corrected chi connectivity index (χ2v) is 6.21. The van der Waals surface area contributed by atoms with Crippen LogP contribution in [0.25, 0.3) is 16.5 Å². The fourth-order valence-corrected chi connectivity index (χ4v) is 3.42. The molecule has 0 saturated carbocycles. The van der Waals surface area contributed by atoms with E-state index < -0.39 is 0 Å². The number of Topliss-reactive ketones (excluding diaryl/α,β-unsaturated/α-hetero) is 2. The van der Waals surface area contributed by atoms with Gasteiger partial charge in [-0.15, -0.1) is 0 Å². The van der Waals surface area contributed by atoms with Crippen molar-refractivity contribution >= 4 is 28.1 Å². The number of carbonyl (C=O) groups excluding carboxylic acids is 2. The van der Waals surface area contributed by atoms with Gasteiger partial charge in [0.2, 0.25) is 11.6 Å². The third kappa shape index (κ3) is 1.82. The molecule has 1 aliphatic carbocycles. The number of hydrogen-bond acceptors (Lipinski definition) is 3. The molecule has 2 aliphatic rings. The number of benzene rings is 2. The summed E-state index contributed by atoms with van der Waals surface area (Å²) in [5.41, 5.74) is 2.30. The minimum Gasteiger partial charge on any atom is -0.490 e. The van der Waals surface area contributed by atoms with Crippen LogP contribution >= 0.6 is 0 Å². The topological polar surface area (TPSA) is 43.4 Å². The van der Waals surface area contributed by atoms with Crippen molar-refractivity contribution in [2.24, 2.45) is 5.92 Å². The fourth-order valence-electron chi connectivity index (χ4n) is 3.42. The van der Waals surface area contributed by atoms with Crippen LogP contribution < -0.4 is 0 Å². The van der Waals surface area contributed by atoms with Crippen LogP contribution in [0.3, 0.4) is 0 Å². The number of hydrogen-bond donors (Lipinski definition) is 0. The first-order valence-corrected chi connectivity index (χ1v) is 7.55. The molecular formula is C19H16O3. The molecule has 1 heterocycles. The quantitative estimate of drug-likeness (QED) is 0.696. The van der Waals surface area contributed by atoms with Crippen LogP contribution in [0.15, 0.2) is 36.4 Å². The zero-order valence-corrected chi connectivity index (χ0v) is 12.6. The third-order valence-corrected chi connectivity index (χ3v) is 4.50. The van der Waals surface area contributed by atoms with E-state index in [4.69, 9.17) is 4.74 Å². The van der Waals surface area contributed by atoms with Crippen LogP contribution in [0.5, 0.6) is 0 Å². The van der Waals surface area contributed by atoms with Gasteiger partial charge >= 0.3 is 0 Å². The van der Waals surface area contributed by atoms with E-state index >= 15 is 0 Å². The van der Waals surface area contributed by atoms with Crippen LogP contribution in [-0.4, -0.2) is 17.7 Å². The van der Waals surface area contributed by atoms with Gasteiger partial charge in [0.15, 0.2) is 0 Å². The lowest BCUT2D eigenvalue weighted by atomic mass is 9.91. The predicted octanol–water partition coefficient (Wildman–Crippen LogP) is 3.68. The lowest BCUT2D eigenvalue weighted by Gasteiger charge is -2.24.